The highest BCUT2D eigenvalue weighted by molar-refractivity contribution is 7.99. The maximum Gasteiger partial charge on any atom is 0.254 e. The molecule has 9 heteroatoms. The zero-order valence-electron chi connectivity index (χ0n) is 22.9. The van der Waals surface area contributed by atoms with Gasteiger partial charge in [-0.1, -0.05) is 54.6 Å². The fourth-order valence-corrected chi connectivity index (χ4v) is 5.92. The first-order chi connectivity index (χ1) is 19.2. The molecular weight excluding hydrogens is 526 g/mol. The van der Waals surface area contributed by atoms with Crippen LogP contribution >= 0.6 is 11.8 Å². The summed E-state index contributed by atoms with van der Waals surface area (Å²) in [5.74, 6) is -0.748. The van der Waals surface area contributed by atoms with Crippen molar-refractivity contribution in [1.29, 1.82) is 0 Å². The van der Waals surface area contributed by atoms with Crippen molar-refractivity contribution in [2.75, 3.05) is 11.6 Å². The van der Waals surface area contributed by atoms with Crippen LogP contribution in [0.25, 0.3) is 0 Å². The topological polar surface area (TPSA) is 119 Å². The van der Waals surface area contributed by atoms with E-state index in [4.69, 9.17) is 0 Å². The Kier molecular flexibility index (Phi) is 9.50. The van der Waals surface area contributed by atoms with Crippen LogP contribution < -0.4 is 10.6 Å². The van der Waals surface area contributed by atoms with Gasteiger partial charge in [-0.05, 0) is 61.6 Å². The number of amides is 3. The number of aromatic hydroxyl groups is 1. The number of carbonyl (C=O) groups is 3. The lowest BCUT2D eigenvalue weighted by molar-refractivity contribution is -0.146. The summed E-state index contributed by atoms with van der Waals surface area (Å²) in [7, 11) is 0. The molecule has 1 fully saturated rings. The smallest absolute Gasteiger partial charge is 0.254 e. The van der Waals surface area contributed by atoms with Gasteiger partial charge in [0.15, 0.2) is 6.10 Å². The van der Waals surface area contributed by atoms with Crippen molar-refractivity contribution in [2.24, 2.45) is 0 Å². The van der Waals surface area contributed by atoms with Gasteiger partial charge in [0.2, 0.25) is 5.91 Å². The van der Waals surface area contributed by atoms with E-state index in [1.54, 1.807) is 26.0 Å². The average Bonchev–Trinajstić information content (AvgIpc) is 3.44. The third-order valence-electron chi connectivity index (χ3n) is 7.20. The highest BCUT2D eigenvalue weighted by Crippen LogP contribution is 2.25. The first-order valence-corrected chi connectivity index (χ1v) is 14.3. The fourth-order valence-electron chi connectivity index (χ4n) is 4.76. The highest BCUT2D eigenvalue weighted by Gasteiger charge is 2.40. The van der Waals surface area contributed by atoms with E-state index in [2.05, 4.69) is 10.6 Å². The van der Waals surface area contributed by atoms with Crippen LogP contribution in [-0.4, -0.2) is 62.7 Å². The Labute approximate surface area is 238 Å². The van der Waals surface area contributed by atoms with Crippen molar-refractivity contribution in [2.45, 2.75) is 51.9 Å². The van der Waals surface area contributed by atoms with Gasteiger partial charge in [0.05, 0.1) is 11.9 Å². The second-order valence-corrected chi connectivity index (χ2v) is 11.1. The Morgan fingerprint density at radius 1 is 1.02 bits per heavy atom. The molecule has 1 saturated heterocycles. The van der Waals surface area contributed by atoms with E-state index in [0.29, 0.717) is 23.4 Å². The summed E-state index contributed by atoms with van der Waals surface area (Å²) in [6.45, 7) is 5.72. The Bertz CT molecular complexity index is 1380. The molecule has 0 radical (unpaired) electrons. The molecule has 0 saturated carbocycles. The molecule has 40 heavy (non-hydrogen) atoms. The number of phenols is 1. The minimum atomic E-state index is -1.59. The van der Waals surface area contributed by atoms with Crippen LogP contribution in [0.5, 0.6) is 5.75 Å². The molecule has 4 N–H and O–H groups in total. The van der Waals surface area contributed by atoms with E-state index in [9.17, 15) is 24.6 Å². The number of nitrogens with one attached hydrogen (secondary N) is 2. The number of hydrogen-bond acceptors (Lipinski definition) is 6. The average molecular weight is 562 g/mol. The monoisotopic (exact) mass is 561 g/mol. The Hall–Kier alpha value is -3.82. The quantitative estimate of drug-likeness (QED) is 0.319. The van der Waals surface area contributed by atoms with E-state index in [0.717, 1.165) is 16.7 Å². The predicted molar refractivity (Wildman–Crippen MR) is 156 cm³/mol. The van der Waals surface area contributed by atoms with Crippen molar-refractivity contribution in [1.82, 2.24) is 15.5 Å². The van der Waals surface area contributed by atoms with Crippen LogP contribution in [0.1, 0.15) is 38.2 Å². The molecule has 8 nitrogen and oxygen atoms in total. The zero-order valence-corrected chi connectivity index (χ0v) is 23.7. The SMILES string of the molecule is Cc1cc(O)c(C)c(C(=O)N[C@@H](Cc2ccccc2)[C@H](O)C(=O)N2CSC[C@H]2C(=O)NCc2ccccc2C)c1. The number of aryl methyl sites for hydroxylation is 2. The number of nitrogens with zero attached hydrogens (tertiary/aromatic N) is 1. The molecule has 0 unspecified atom stereocenters. The minimum Gasteiger partial charge on any atom is -0.508 e. The molecule has 3 atom stereocenters. The second-order valence-electron chi connectivity index (χ2n) is 10.1. The van der Waals surface area contributed by atoms with Crippen LogP contribution in [0.3, 0.4) is 0 Å². The number of carbonyl (C=O) groups excluding carboxylic acids is 3. The van der Waals surface area contributed by atoms with E-state index >= 15 is 0 Å². The van der Waals surface area contributed by atoms with Crippen LogP contribution in [0.2, 0.25) is 0 Å². The summed E-state index contributed by atoms with van der Waals surface area (Å²) < 4.78 is 0. The van der Waals surface area contributed by atoms with E-state index in [1.807, 2.05) is 61.5 Å². The molecule has 0 aliphatic carbocycles. The fraction of sp³-hybridized carbons (Fsp3) is 0.323. The molecule has 0 spiro atoms. The van der Waals surface area contributed by atoms with E-state index < -0.39 is 30.0 Å². The number of rotatable bonds is 9. The van der Waals surface area contributed by atoms with Gasteiger partial charge in [0.1, 0.15) is 11.8 Å². The number of aliphatic hydroxyl groups is 1. The Balaban J connectivity index is 1.51. The van der Waals surface area contributed by atoms with Crippen molar-refractivity contribution in [3.8, 4) is 5.75 Å². The first kappa shape index (κ1) is 29.2. The largest absolute Gasteiger partial charge is 0.508 e. The van der Waals surface area contributed by atoms with Crippen LogP contribution in [-0.2, 0) is 22.6 Å². The van der Waals surface area contributed by atoms with Crippen molar-refractivity contribution in [3.05, 3.63) is 100 Å². The van der Waals surface area contributed by atoms with Crippen LogP contribution in [0.4, 0.5) is 0 Å². The number of phenolic OH excluding ortho intramolecular Hbond substituents is 1. The van der Waals surface area contributed by atoms with Gasteiger partial charge >= 0.3 is 0 Å². The molecule has 3 aromatic carbocycles. The summed E-state index contributed by atoms with van der Waals surface area (Å²) in [5.41, 5.74) is 4.25. The Morgan fingerprint density at radius 2 is 1.73 bits per heavy atom. The summed E-state index contributed by atoms with van der Waals surface area (Å²) in [5, 5.41) is 27.3. The maximum absolute atomic E-state index is 13.6. The van der Waals surface area contributed by atoms with Gasteiger partial charge in [0, 0.05) is 23.4 Å². The number of hydrogen-bond donors (Lipinski definition) is 4. The van der Waals surface area contributed by atoms with Gasteiger partial charge < -0.3 is 25.7 Å². The third kappa shape index (κ3) is 6.84. The summed E-state index contributed by atoms with van der Waals surface area (Å²) >= 11 is 1.44. The van der Waals surface area contributed by atoms with Crippen LogP contribution in [0.15, 0.2) is 66.7 Å². The molecule has 210 valence electrons. The number of thioether (sulfide) groups is 1. The lowest BCUT2D eigenvalue weighted by Crippen LogP contribution is -2.56. The molecule has 1 aliphatic rings. The van der Waals surface area contributed by atoms with Gasteiger partial charge in [-0.3, -0.25) is 14.4 Å². The minimum absolute atomic E-state index is 0.00461. The molecule has 1 heterocycles. The van der Waals surface area contributed by atoms with Gasteiger partial charge in [0.25, 0.3) is 11.8 Å². The lowest BCUT2D eigenvalue weighted by atomic mass is 9.98. The van der Waals surface area contributed by atoms with E-state index in [-0.39, 0.29) is 29.5 Å². The number of aliphatic hydroxyl groups excluding tert-OH is 1. The van der Waals surface area contributed by atoms with Crippen molar-refractivity contribution < 1.29 is 24.6 Å². The molecule has 3 aromatic rings. The first-order valence-electron chi connectivity index (χ1n) is 13.2. The summed E-state index contributed by atoms with van der Waals surface area (Å²) in [6.07, 6.45) is -1.39. The molecule has 0 aromatic heterocycles. The maximum atomic E-state index is 13.6. The lowest BCUT2D eigenvalue weighted by Gasteiger charge is -2.30. The summed E-state index contributed by atoms with van der Waals surface area (Å²) in [6, 6.07) is 18.5. The molecule has 4 rings (SSSR count). The molecular formula is C31H35N3O5S. The van der Waals surface area contributed by atoms with Crippen molar-refractivity contribution >= 4 is 29.5 Å². The second kappa shape index (κ2) is 13.0. The van der Waals surface area contributed by atoms with Gasteiger partial charge in [-0.2, -0.15) is 0 Å². The molecule has 0 bridgehead atoms. The third-order valence-corrected chi connectivity index (χ3v) is 8.21. The van der Waals surface area contributed by atoms with Crippen LogP contribution in [0, 0.1) is 20.8 Å². The highest BCUT2D eigenvalue weighted by atomic mass is 32.2. The summed E-state index contributed by atoms with van der Waals surface area (Å²) in [4.78, 5) is 41.4. The predicted octanol–water partition coefficient (Wildman–Crippen LogP) is 3.24. The molecule has 1 aliphatic heterocycles. The van der Waals surface area contributed by atoms with Gasteiger partial charge in [-0.15, -0.1) is 11.8 Å². The van der Waals surface area contributed by atoms with E-state index in [1.165, 1.54) is 16.7 Å². The normalized spacial score (nSPS) is 16.3. The van der Waals surface area contributed by atoms with Gasteiger partial charge in [-0.25, -0.2) is 0 Å². The standard InChI is InChI=1S/C31H35N3O5S/c1-19-13-24(21(3)27(35)14-19)29(37)33-25(15-22-10-5-4-6-11-22)28(36)31(39)34-18-40-17-26(34)30(38)32-16-23-12-8-7-9-20(23)2/h4-14,25-26,28,35-36H,15-18H2,1-3H3,(H,32,38)(H,33,37)/t25-,26-,28-/m0/s1. The zero-order chi connectivity index (χ0) is 28.8. The Morgan fingerprint density at radius 3 is 2.45 bits per heavy atom. The molecule has 3 amide bonds. The van der Waals surface area contributed by atoms with Crippen molar-refractivity contribution in [3.63, 3.8) is 0 Å². The number of benzene rings is 3.